The van der Waals surface area contributed by atoms with Crippen LogP contribution in [0.1, 0.15) is 63.8 Å². The third-order valence-corrected chi connectivity index (χ3v) is 28.3. The average molecular weight is 773 g/mol. The van der Waals surface area contributed by atoms with Crippen LogP contribution in [-0.2, 0) is 28.8 Å². The Kier molecular flexibility index (Phi) is 12.9. The summed E-state index contributed by atoms with van der Waals surface area (Å²) in [7, 11) is 13.0. The quantitative estimate of drug-likeness (QED) is 0.129. The number of benzene rings is 4. The van der Waals surface area contributed by atoms with Gasteiger partial charge in [0, 0.05) is 0 Å². The number of aryl methyl sites for hydroxylation is 2. The van der Waals surface area contributed by atoms with Gasteiger partial charge < -0.3 is 4.74 Å². The van der Waals surface area contributed by atoms with E-state index in [0.29, 0.717) is 0 Å². The van der Waals surface area contributed by atoms with Crippen molar-refractivity contribution < 1.29 is 22.7 Å². The molecule has 6 aromatic carbocycles. The summed E-state index contributed by atoms with van der Waals surface area (Å²) in [5.41, 5.74) is 10.3. The van der Waals surface area contributed by atoms with Crippen molar-refractivity contribution in [1.82, 2.24) is 0 Å². The van der Waals surface area contributed by atoms with E-state index >= 15 is 0 Å². The van der Waals surface area contributed by atoms with E-state index < -0.39 is 18.0 Å². The topological polar surface area (TPSA) is 9.23 Å². The Morgan fingerprint density at radius 1 is 0.646 bits per heavy atom. The molecule has 0 N–H and O–H groups in total. The van der Waals surface area contributed by atoms with E-state index in [4.69, 9.17) is 21.8 Å². The van der Waals surface area contributed by atoms with Gasteiger partial charge in [-0.15, -0.1) is 63.0 Å². The van der Waals surface area contributed by atoms with Gasteiger partial charge in [0.25, 0.3) is 0 Å². The molecule has 0 saturated heterocycles. The summed E-state index contributed by atoms with van der Waals surface area (Å²) in [5.74, 6) is 0.997. The maximum absolute atomic E-state index is 5.87. The molecule has 0 aliphatic heterocycles. The third-order valence-electron chi connectivity index (χ3n) is 8.52. The van der Waals surface area contributed by atoms with Crippen LogP contribution in [0.25, 0.3) is 43.8 Å². The summed E-state index contributed by atoms with van der Waals surface area (Å²) in [5, 5.41) is 5.25. The molecule has 0 heterocycles. The molecule has 0 aliphatic carbocycles. The van der Waals surface area contributed by atoms with Gasteiger partial charge >= 0.3 is 53.5 Å². The molecule has 0 atom stereocenters. The zero-order valence-electron chi connectivity index (χ0n) is 30.5. The van der Waals surface area contributed by atoms with E-state index in [9.17, 15) is 0 Å². The number of hydrogen-bond donors (Lipinski definition) is 0. The smallest absolute Gasteiger partial charge is 0.0132 e. The van der Waals surface area contributed by atoms with E-state index in [1.807, 2.05) is 0 Å². The van der Waals surface area contributed by atoms with Gasteiger partial charge in [-0.2, -0.15) is 12.1 Å². The van der Waals surface area contributed by atoms with Gasteiger partial charge in [0.05, 0.1) is 7.11 Å². The molecule has 0 bridgehead atoms. The first-order chi connectivity index (χ1) is 22.5. The number of rotatable bonds is 3. The predicted molar refractivity (Wildman–Crippen MR) is 213 cm³/mol. The third kappa shape index (κ3) is 9.42. The molecule has 0 fully saturated rings. The Bertz CT molecular complexity index is 2000. The van der Waals surface area contributed by atoms with Crippen LogP contribution < -0.4 is 4.74 Å². The van der Waals surface area contributed by atoms with Crippen LogP contribution in [0.5, 0.6) is 5.75 Å². The molecule has 6 aromatic rings. The van der Waals surface area contributed by atoms with Gasteiger partial charge in [-0.25, -0.2) is 0 Å². The van der Waals surface area contributed by atoms with E-state index in [-0.39, 0.29) is 16.3 Å². The van der Waals surface area contributed by atoms with Crippen LogP contribution in [0.4, 0.5) is 0 Å². The van der Waals surface area contributed by atoms with Crippen molar-refractivity contribution in [3.63, 3.8) is 0 Å². The first-order valence-electron chi connectivity index (χ1n) is 16.6. The molecule has 0 aromatic heterocycles. The van der Waals surface area contributed by atoms with Crippen molar-refractivity contribution in [2.45, 2.75) is 79.3 Å². The molecule has 0 amide bonds. The molecule has 0 aliphatic rings. The molecule has 1 nitrogen and oxygen atoms in total. The van der Waals surface area contributed by atoms with Gasteiger partial charge in [-0.05, 0) is 38.6 Å². The molecule has 0 spiro atoms. The Morgan fingerprint density at radius 3 is 1.73 bits per heavy atom. The molecule has 6 rings (SSSR count). The summed E-state index contributed by atoms with van der Waals surface area (Å²) >= 11 is -1.65. The number of ether oxygens (including phenoxy) is 1. The first-order valence-corrected chi connectivity index (χ1v) is 29.1. The van der Waals surface area contributed by atoms with E-state index in [0.717, 1.165) is 5.75 Å². The van der Waals surface area contributed by atoms with Crippen molar-refractivity contribution in [3.05, 3.63) is 125 Å². The maximum Gasteiger partial charge on any atom is -0.0132 e. The van der Waals surface area contributed by atoms with Crippen molar-refractivity contribution in [2.75, 3.05) is 7.11 Å². The van der Waals surface area contributed by atoms with Gasteiger partial charge in [-0.1, -0.05) is 122 Å². The normalized spacial score (nSPS) is 11.4. The molecular weight excluding hydrogens is 723 g/mol. The fraction of sp³-hybridized carbons (Fsp3) is 0.302. The van der Waals surface area contributed by atoms with Crippen molar-refractivity contribution in [2.24, 2.45) is 0 Å². The van der Waals surface area contributed by atoms with Crippen LogP contribution in [0.3, 0.4) is 0 Å². The number of methoxy groups -OCH3 is 1. The molecule has 48 heavy (non-hydrogen) atoms. The monoisotopic (exact) mass is 770 g/mol. The van der Waals surface area contributed by atoms with E-state index in [1.165, 1.54) is 66.1 Å². The summed E-state index contributed by atoms with van der Waals surface area (Å²) in [6.45, 7) is 22.1. The molecular formula is C43H50Cl2OSiZr-2. The number of hydrogen-bond acceptors (Lipinski definition) is 1. The van der Waals surface area contributed by atoms with E-state index in [2.05, 4.69) is 172 Å². The second kappa shape index (κ2) is 16.1. The Balaban J connectivity index is 0.000000186. The largest absolute Gasteiger partial charge is 0.165 e. The summed E-state index contributed by atoms with van der Waals surface area (Å²) in [6.07, 6.45) is 0. The predicted octanol–water partition coefficient (Wildman–Crippen LogP) is 13.8. The fourth-order valence-corrected chi connectivity index (χ4v) is 5.94. The minimum atomic E-state index is -1.65. The summed E-state index contributed by atoms with van der Waals surface area (Å²) in [6, 6.07) is 37.4. The summed E-state index contributed by atoms with van der Waals surface area (Å²) in [4.78, 5) is 0. The Labute approximate surface area is 304 Å². The van der Waals surface area contributed by atoms with Crippen molar-refractivity contribution >= 4 is 44.0 Å². The maximum atomic E-state index is 5.87. The second-order valence-electron chi connectivity index (χ2n) is 14.9. The Hall–Kier alpha value is -2.42. The van der Waals surface area contributed by atoms with Gasteiger partial charge in [0.1, 0.15) is 5.75 Å². The number of halogens is 2. The Morgan fingerprint density at radius 2 is 1.21 bits per heavy atom. The van der Waals surface area contributed by atoms with Gasteiger partial charge in [0.2, 0.25) is 0 Å². The SMILES string of the molecule is COc1c(C(C)(C)C)cc2[cH-]c(C)cc2c1-c1ccccc1.C[Si](C)=[Zr]([Cl])[Cl].Cc1cc2c(-c3ccc(C(C)(C)C)cc3)cccc2[cH-]1. The minimum absolute atomic E-state index is 0.0360. The van der Waals surface area contributed by atoms with Gasteiger partial charge in [-0.3, -0.25) is 0 Å². The second-order valence-corrected chi connectivity index (χ2v) is 37.9. The fourth-order valence-electron chi connectivity index (χ4n) is 5.94. The number of fused-ring (bicyclic) bond motifs is 2. The van der Waals surface area contributed by atoms with Crippen molar-refractivity contribution in [3.8, 4) is 28.0 Å². The van der Waals surface area contributed by atoms with Crippen LogP contribution in [-0.4, -0.2) is 12.5 Å². The zero-order chi connectivity index (χ0) is 35.4. The van der Waals surface area contributed by atoms with E-state index in [1.54, 1.807) is 7.11 Å². The molecule has 0 saturated carbocycles. The zero-order valence-corrected chi connectivity index (χ0v) is 35.4. The van der Waals surface area contributed by atoms with Crippen LogP contribution in [0, 0.1) is 13.8 Å². The molecule has 0 unspecified atom stereocenters. The molecule has 5 heteroatoms. The average Bonchev–Trinajstić information content (AvgIpc) is 3.60. The standard InChI is InChI=1S/C21H23O.C20H21.C2H6Si.2ClH.Zr/c1-14-11-16-13-18(21(2,3)4)20(22-5)19(17(16)12-14)15-9-7-6-8-10-15;1-14-12-16-6-5-7-18(19(16)13-14)15-8-10-17(11-9-15)20(2,3)4;1-3-2;;;/h6-13H,1-5H3;5-13H,1-4H3;1-2H3;2*1H;/q2*-1;;;;+2/p-2. The molecule has 0 radical (unpaired) electrons. The van der Waals surface area contributed by atoms with Crippen LogP contribution in [0.2, 0.25) is 13.1 Å². The van der Waals surface area contributed by atoms with Crippen molar-refractivity contribution in [1.29, 1.82) is 0 Å². The first kappa shape index (κ1) is 38.4. The van der Waals surface area contributed by atoms with Gasteiger partial charge in [0.15, 0.2) is 0 Å². The molecule has 252 valence electrons. The van der Waals surface area contributed by atoms with Crippen LogP contribution in [0.15, 0.2) is 103 Å². The minimum Gasteiger partial charge on any atom is -0.165 e. The van der Waals surface area contributed by atoms with Crippen LogP contribution >= 0.6 is 17.0 Å². The summed E-state index contributed by atoms with van der Waals surface area (Å²) < 4.78 is 5.87.